The number of nitrogens with zero attached hydrogens (tertiary/aromatic N) is 2. The Morgan fingerprint density at radius 1 is 1.55 bits per heavy atom. The smallest absolute Gasteiger partial charge is 0.134 e. The molecule has 0 saturated heterocycles. The fraction of sp³-hybridized carbons (Fsp3) is 0.333. The summed E-state index contributed by atoms with van der Waals surface area (Å²) in [6.45, 7) is 2.92. The van der Waals surface area contributed by atoms with Crippen LogP contribution in [0.15, 0.2) is 33.8 Å². The predicted molar refractivity (Wildman–Crippen MR) is 47.2 cm³/mol. The third-order valence-corrected chi connectivity index (χ3v) is 2.03. The Balaban J connectivity index is 2.35. The Kier molecular flexibility index (Phi) is 1.46. The van der Waals surface area contributed by atoms with Gasteiger partial charge in [-0.2, -0.15) is 0 Å². The molecule has 2 aliphatic rings. The normalized spacial score (nSPS) is 27.5. The first kappa shape index (κ1) is 6.53. The van der Waals surface area contributed by atoms with Crippen molar-refractivity contribution in [2.75, 3.05) is 6.54 Å². The zero-order valence-corrected chi connectivity index (χ0v) is 6.49. The van der Waals surface area contributed by atoms with E-state index in [0.29, 0.717) is 5.92 Å². The summed E-state index contributed by atoms with van der Waals surface area (Å²) >= 11 is 0. The molecule has 0 bridgehead atoms. The summed E-state index contributed by atoms with van der Waals surface area (Å²) < 4.78 is 0. The second kappa shape index (κ2) is 2.46. The van der Waals surface area contributed by atoms with Gasteiger partial charge in [-0.1, -0.05) is 17.7 Å². The Labute approximate surface area is 66.1 Å². The number of dihydropyridines is 2. The first-order chi connectivity index (χ1) is 5.38. The third-order valence-electron chi connectivity index (χ3n) is 2.03. The van der Waals surface area contributed by atoms with Crippen molar-refractivity contribution in [2.24, 2.45) is 15.9 Å². The van der Waals surface area contributed by atoms with E-state index in [2.05, 4.69) is 29.1 Å². The molecule has 0 N–H and O–H groups in total. The second-order valence-corrected chi connectivity index (χ2v) is 2.79. The molecule has 2 rings (SSSR count). The number of hydrogen-bond donors (Lipinski definition) is 0. The van der Waals surface area contributed by atoms with E-state index in [1.54, 1.807) is 6.21 Å². The molecule has 1 atom stereocenters. The molecule has 11 heavy (non-hydrogen) atoms. The summed E-state index contributed by atoms with van der Waals surface area (Å²) in [6.07, 6.45) is 8.07. The molecule has 0 spiro atoms. The molecule has 2 heteroatoms. The largest absolute Gasteiger partial charge is 0.266 e. The molecule has 0 aromatic heterocycles. The van der Waals surface area contributed by atoms with Crippen molar-refractivity contribution >= 4 is 12.1 Å². The van der Waals surface area contributed by atoms with Gasteiger partial charge < -0.3 is 0 Å². The minimum Gasteiger partial charge on any atom is -0.266 e. The second-order valence-electron chi connectivity index (χ2n) is 2.79. The van der Waals surface area contributed by atoms with Crippen LogP contribution in [0.3, 0.4) is 0 Å². The van der Waals surface area contributed by atoms with E-state index in [0.717, 1.165) is 12.4 Å². The lowest BCUT2D eigenvalue weighted by atomic mass is 9.95. The average molecular weight is 146 g/mol. The van der Waals surface area contributed by atoms with E-state index < -0.39 is 0 Å². The summed E-state index contributed by atoms with van der Waals surface area (Å²) in [6, 6.07) is 0. The number of fused-ring (bicyclic) bond motifs is 1. The fourth-order valence-corrected chi connectivity index (χ4v) is 1.35. The van der Waals surface area contributed by atoms with Crippen LogP contribution in [-0.2, 0) is 0 Å². The lowest BCUT2D eigenvalue weighted by Gasteiger charge is -2.18. The Bertz CT molecular complexity index is 282. The molecule has 2 heterocycles. The maximum atomic E-state index is 4.29. The van der Waals surface area contributed by atoms with Crippen LogP contribution in [0.5, 0.6) is 0 Å². The number of rotatable bonds is 0. The van der Waals surface area contributed by atoms with E-state index in [-0.39, 0.29) is 0 Å². The van der Waals surface area contributed by atoms with Crippen molar-refractivity contribution in [1.82, 2.24) is 0 Å². The Hall–Kier alpha value is -1.18. The van der Waals surface area contributed by atoms with Gasteiger partial charge in [0.2, 0.25) is 0 Å². The maximum absolute atomic E-state index is 4.29. The molecular weight excluding hydrogens is 136 g/mol. The minimum absolute atomic E-state index is 0.355. The predicted octanol–water partition coefficient (Wildman–Crippen LogP) is 1.60. The molecule has 0 aromatic rings. The van der Waals surface area contributed by atoms with Gasteiger partial charge in [-0.15, -0.1) is 0 Å². The van der Waals surface area contributed by atoms with Crippen molar-refractivity contribution in [3.05, 3.63) is 23.8 Å². The van der Waals surface area contributed by atoms with E-state index in [9.17, 15) is 0 Å². The summed E-state index contributed by atoms with van der Waals surface area (Å²) in [7, 11) is 0. The first-order valence-corrected chi connectivity index (χ1v) is 3.80. The van der Waals surface area contributed by atoms with Crippen molar-refractivity contribution in [3.8, 4) is 0 Å². The zero-order chi connectivity index (χ0) is 7.68. The molecule has 0 saturated carbocycles. The van der Waals surface area contributed by atoms with Gasteiger partial charge in [-0.25, -0.2) is 4.99 Å². The van der Waals surface area contributed by atoms with E-state index in [4.69, 9.17) is 0 Å². The lowest BCUT2D eigenvalue weighted by Crippen LogP contribution is -2.18. The summed E-state index contributed by atoms with van der Waals surface area (Å²) in [5.74, 6) is 1.32. The number of aliphatic imine (C=N–C) groups is 2. The Morgan fingerprint density at radius 3 is 3.27 bits per heavy atom. The molecule has 0 fully saturated rings. The topological polar surface area (TPSA) is 24.7 Å². The molecule has 2 nitrogen and oxygen atoms in total. The van der Waals surface area contributed by atoms with Crippen LogP contribution in [0.25, 0.3) is 0 Å². The minimum atomic E-state index is 0.355. The highest BCUT2D eigenvalue weighted by molar-refractivity contribution is 5.99. The fourth-order valence-electron chi connectivity index (χ4n) is 1.35. The third kappa shape index (κ3) is 1.04. The van der Waals surface area contributed by atoms with Gasteiger partial charge in [0, 0.05) is 6.21 Å². The van der Waals surface area contributed by atoms with Gasteiger partial charge in [-0.3, -0.25) is 4.99 Å². The van der Waals surface area contributed by atoms with Crippen LogP contribution in [0.2, 0.25) is 0 Å². The van der Waals surface area contributed by atoms with E-state index in [1.807, 2.05) is 6.08 Å². The number of allylic oxidation sites excluding steroid dienone is 1. The monoisotopic (exact) mass is 146 g/mol. The number of amidine groups is 1. The van der Waals surface area contributed by atoms with E-state index in [1.165, 1.54) is 5.57 Å². The lowest BCUT2D eigenvalue weighted by molar-refractivity contribution is 0.937. The molecule has 0 aliphatic carbocycles. The first-order valence-electron chi connectivity index (χ1n) is 3.80. The molecule has 0 amide bonds. The number of hydrogen-bond acceptors (Lipinski definition) is 2. The van der Waals surface area contributed by atoms with Crippen LogP contribution in [0.4, 0.5) is 0 Å². The highest BCUT2D eigenvalue weighted by atomic mass is 14.9. The SMILES string of the molecule is CC1=CCN=C2N=CC=CC12. The van der Waals surface area contributed by atoms with Crippen LogP contribution in [-0.4, -0.2) is 18.6 Å². The van der Waals surface area contributed by atoms with Crippen molar-refractivity contribution in [1.29, 1.82) is 0 Å². The van der Waals surface area contributed by atoms with Crippen LogP contribution >= 0.6 is 0 Å². The quantitative estimate of drug-likeness (QED) is 0.464. The molecule has 0 radical (unpaired) electrons. The molecule has 2 aliphatic heterocycles. The van der Waals surface area contributed by atoms with Crippen LogP contribution in [0.1, 0.15) is 6.92 Å². The standard InChI is InChI=1S/C9H10N2/c1-7-4-6-11-9-8(7)3-2-5-10-9/h2-5,8H,6H2,1H3. The zero-order valence-electron chi connectivity index (χ0n) is 6.49. The van der Waals surface area contributed by atoms with Gasteiger partial charge in [0.15, 0.2) is 0 Å². The summed E-state index contributed by atoms with van der Waals surface area (Å²) in [5, 5.41) is 0. The molecule has 56 valence electrons. The molecule has 1 unspecified atom stereocenters. The van der Waals surface area contributed by atoms with Gasteiger partial charge in [0.05, 0.1) is 12.5 Å². The van der Waals surface area contributed by atoms with Crippen LogP contribution in [0, 0.1) is 5.92 Å². The average Bonchev–Trinajstić information content (AvgIpc) is 2.06. The summed E-state index contributed by atoms with van der Waals surface area (Å²) in [5.41, 5.74) is 1.36. The van der Waals surface area contributed by atoms with Crippen molar-refractivity contribution in [3.63, 3.8) is 0 Å². The molecule has 0 aromatic carbocycles. The summed E-state index contributed by atoms with van der Waals surface area (Å²) in [4.78, 5) is 8.49. The Morgan fingerprint density at radius 2 is 2.45 bits per heavy atom. The highest BCUT2D eigenvalue weighted by Crippen LogP contribution is 2.20. The maximum Gasteiger partial charge on any atom is 0.134 e. The van der Waals surface area contributed by atoms with E-state index >= 15 is 0 Å². The highest BCUT2D eigenvalue weighted by Gasteiger charge is 2.17. The van der Waals surface area contributed by atoms with Crippen LogP contribution < -0.4 is 0 Å². The van der Waals surface area contributed by atoms with Crippen molar-refractivity contribution in [2.45, 2.75) is 6.92 Å². The van der Waals surface area contributed by atoms with Gasteiger partial charge in [0.25, 0.3) is 0 Å². The molecular formula is C9H10N2. The van der Waals surface area contributed by atoms with Crippen molar-refractivity contribution < 1.29 is 0 Å². The van der Waals surface area contributed by atoms with Gasteiger partial charge in [0.1, 0.15) is 5.84 Å². The van der Waals surface area contributed by atoms with Gasteiger partial charge in [-0.05, 0) is 13.0 Å². The van der Waals surface area contributed by atoms with Gasteiger partial charge >= 0.3 is 0 Å².